The molecule has 5 heteroatoms. The maximum Gasteiger partial charge on any atom is 0.127 e. The second-order valence-electron chi connectivity index (χ2n) is 5.63. The summed E-state index contributed by atoms with van der Waals surface area (Å²) in [4.78, 5) is 4.73. The summed E-state index contributed by atoms with van der Waals surface area (Å²) < 4.78 is 2.34. The third-order valence-electron chi connectivity index (χ3n) is 4.16. The van der Waals surface area contributed by atoms with Crippen LogP contribution in [0.4, 0.5) is 0 Å². The lowest BCUT2D eigenvalue weighted by Crippen LogP contribution is -2.11. The highest BCUT2D eigenvalue weighted by Gasteiger charge is 2.29. The molecule has 2 nitrogen and oxygen atoms in total. The zero-order chi connectivity index (χ0) is 15.0. The molecule has 21 heavy (non-hydrogen) atoms. The minimum atomic E-state index is -0.0888. The fourth-order valence-electron chi connectivity index (χ4n) is 3.29. The van der Waals surface area contributed by atoms with Crippen molar-refractivity contribution < 1.29 is 0 Å². The molecule has 114 valence electrons. The Morgan fingerprint density at radius 3 is 2.95 bits per heavy atom. The first-order valence-electron chi connectivity index (χ1n) is 7.53. The lowest BCUT2D eigenvalue weighted by Gasteiger charge is -2.18. The molecular formula is C16H20Cl2N2S. The molecule has 1 aromatic heterocycles. The Morgan fingerprint density at radius 1 is 1.43 bits per heavy atom. The first-order valence-corrected chi connectivity index (χ1v) is 9.39. The van der Waals surface area contributed by atoms with Crippen molar-refractivity contribution in [3.05, 3.63) is 29.0 Å². The molecule has 1 saturated carbocycles. The van der Waals surface area contributed by atoms with E-state index in [1.165, 1.54) is 25.0 Å². The van der Waals surface area contributed by atoms with E-state index in [-0.39, 0.29) is 5.38 Å². The number of hydrogen-bond donors (Lipinski definition) is 0. The summed E-state index contributed by atoms with van der Waals surface area (Å²) in [7, 11) is 0. The predicted octanol–water partition coefficient (Wildman–Crippen LogP) is 5.84. The van der Waals surface area contributed by atoms with Crippen LogP contribution < -0.4 is 0 Å². The van der Waals surface area contributed by atoms with E-state index in [1.807, 2.05) is 25.1 Å². The zero-order valence-electron chi connectivity index (χ0n) is 12.4. The van der Waals surface area contributed by atoms with Gasteiger partial charge in [0.05, 0.1) is 16.4 Å². The topological polar surface area (TPSA) is 17.8 Å². The van der Waals surface area contributed by atoms with Crippen molar-refractivity contribution in [2.24, 2.45) is 0 Å². The van der Waals surface area contributed by atoms with E-state index in [1.54, 1.807) is 0 Å². The van der Waals surface area contributed by atoms with Crippen LogP contribution in [-0.4, -0.2) is 20.6 Å². The van der Waals surface area contributed by atoms with Gasteiger partial charge in [-0.3, -0.25) is 0 Å². The Morgan fingerprint density at radius 2 is 2.24 bits per heavy atom. The fourth-order valence-corrected chi connectivity index (χ4v) is 4.74. The van der Waals surface area contributed by atoms with Crippen molar-refractivity contribution in [1.82, 2.24) is 9.55 Å². The highest BCUT2D eigenvalue weighted by Crippen LogP contribution is 2.41. The normalized spacial score (nSPS) is 23.8. The SMILES string of the molecule is CCSC1CCC(n2c(C(C)Cl)nc3ccc(Cl)cc32)C1. The van der Waals surface area contributed by atoms with E-state index in [9.17, 15) is 0 Å². The van der Waals surface area contributed by atoms with Gasteiger partial charge in [0, 0.05) is 16.3 Å². The molecule has 0 saturated heterocycles. The number of halogens is 2. The molecule has 0 spiro atoms. The highest BCUT2D eigenvalue weighted by atomic mass is 35.5. The number of rotatable bonds is 4. The van der Waals surface area contributed by atoms with Crippen LogP contribution in [0.1, 0.15) is 50.4 Å². The number of alkyl halides is 1. The van der Waals surface area contributed by atoms with Gasteiger partial charge in [0.25, 0.3) is 0 Å². The van der Waals surface area contributed by atoms with Crippen molar-refractivity contribution in [3.63, 3.8) is 0 Å². The largest absolute Gasteiger partial charge is 0.324 e. The average molecular weight is 343 g/mol. The summed E-state index contributed by atoms with van der Waals surface area (Å²) in [6, 6.07) is 6.40. The molecule has 1 aliphatic rings. The second kappa shape index (κ2) is 6.39. The van der Waals surface area contributed by atoms with E-state index in [4.69, 9.17) is 28.2 Å². The van der Waals surface area contributed by atoms with Crippen molar-refractivity contribution in [1.29, 1.82) is 0 Å². The molecule has 1 heterocycles. The Balaban J connectivity index is 2.03. The predicted molar refractivity (Wildman–Crippen MR) is 93.8 cm³/mol. The minimum Gasteiger partial charge on any atom is -0.324 e. The van der Waals surface area contributed by atoms with Crippen molar-refractivity contribution >= 4 is 46.0 Å². The maximum atomic E-state index is 6.37. The zero-order valence-corrected chi connectivity index (χ0v) is 14.7. The van der Waals surface area contributed by atoms with Crippen LogP contribution in [0.25, 0.3) is 11.0 Å². The number of nitrogens with zero attached hydrogens (tertiary/aromatic N) is 2. The van der Waals surface area contributed by atoms with Crippen molar-refractivity contribution in [2.45, 2.75) is 49.8 Å². The van der Waals surface area contributed by atoms with Gasteiger partial charge in [0.15, 0.2) is 0 Å². The molecule has 0 amide bonds. The smallest absolute Gasteiger partial charge is 0.127 e. The summed E-state index contributed by atoms with van der Waals surface area (Å²) in [6.07, 6.45) is 3.68. The van der Waals surface area contributed by atoms with E-state index >= 15 is 0 Å². The van der Waals surface area contributed by atoms with Gasteiger partial charge in [-0.2, -0.15) is 11.8 Å². The van der Waals surface area contributed by atoms with Gasteiger partial charge in [-0.05, 0) is 50.1 Å². The van der Waals surface area contributed by atoms with Crippen LogP contribution in [0.2, 0.25) is 5.02 Å². The number of thioether (sulfide) groups is 1. The summed E-state index contributed by atoms with van der Waals surface area (Å²) in [5.74, 6) is 2.16. The number of imidazole rings is 1. The Kier molecular flexibility index (Phi) is 4.72. The van der Waals surface area contributed by atoms with Gasteiger partial charge in [-0.25, -0.2) is 4.98 Å². The summed E-state index contributed by atoms with van der Waals surface area (Å²) in [5, 5.41) is 1.43. The van der Waals surface area contributed by atoms with Crippen molar-refractivity contribution in [2.75, 3.05) is 5.75 Å². The maximum absolute atomic E-state index is 6.37. The molecule has 3 rings (SSSR count). The van der Waals surface area contributed by atoms with Gasteiger partial charge in [0.2, 0.25) is 0 Å². The molecule has 1 aromatic carbocycles. The highest BCUT2D eigenvalue weighted by molar-refractivity contribution is 7.99. The van der Waals surface area contributed by atoms with Crippen LogP contribution in [0, 0.1) is 0 Å². The quantitative estimate of drug-likeness (QED) is 0.650. The molecule has 3 unspecified atom stereocenters. The molecule has 0 N–H and O–H groups in total. The number of aromatic nitrogens is 2. The first kappa shape index (κ1) is 15.5. The number of fused-ring (bicyclic) bond motifs is 1. The number of benzene rings is 1. The van der Waals surface area contributed by atoms with Gasteiger partial charge in [-0.1, -0.05) is 18.5 Å². The van der Waals surface area contributed by atoms with Gasteiger partial charge in [-0.15, -0.1) is 11.6 Å². The third-order valence-corrected chi connectivity index (χ3v) is 5.82. The number of hydrogen-bond acceptors (Lipinski definition) is 2. The van der Waals surface area contributed by atoms with Gasteiger partial charge in [0.1, 0.15) is 5.82 Å². The molecule has 0 bridgehead atoms. The van der Waals surface area contributed by atoms with Crippen LogP contribution in [0.3, 0.4) is 0 Å². The van der Waals surface area contributed by atoms with E-state index < -0.39 is 0 Å². The Labute approximate surface area is 140 Å². The second-order valence-corrected chi connectivity index (χ2v) is 8.30. The summed E-state index contributed by atoms with van der Waals surface area (Å²) >= 11 is 14.6. The standard InChI is InChI=1S/C16H20Cl2N2S/c1-3-21-13-6-5-12(9-13)20-15-8-11(18)4-7-14(15)19-16(20)10(2)17/h4,7-8,10,12-13H,3,5-6,9H2,1-2H3. The Hall–Kier alpha value is -0.380. The Bertz CT molecular complexity index is 638. The average Bonchev–Trinajstić information content (AvgIpc) is 3.02. The minimum absolute atomic E-state index is 0.0888. The summed E-state index contributed by atoms with van der Waals surface area (Å²) in [5.41, 5.74) is 2.12. The van der Waals surface area contributed by atoms with Gasteiger partial charge < -0.3 is 4.57 Å². The molecule has 1 aliphatic carbocycles. The molecule has 1 fully saturated rings. The van der Waals surface area contributed by atoms with Crippen LogP contribution >= 0.6 is 35.0 Å². The van der Waals surface area contributed by atoms with Crippen molar-refractivity contribution in [3.8, 4) is 0 Å². The van der Waals surface area contributed by atoms with Gasteiger partial charge >= 0.3 is 0 Å². The summed E-state index contributed by atoms with van der Waals surface area (Å²) in [6.45, 7) is 4.23. The van der Waals surface area contributed by atoms with Crippen LogP contribution in [-0.2, 0) is 0 Å². The lowest BCUT2D eigenvalue weighted by atomic mass is 10.2. The first-order chi connectivity index (χ1) is 10.1. The van der Waals surface area contributed by atoms with Crippen LogP contribution in [0.5, 0.6) is 0 Å². The van der Waals surface area contributed by atoms with E-state index in [0.717, 1.165) is 27.1 Å². The van der Waals surface area contributed by atoms with Crippen LogP contribution in [0.15, 0.2) is 18.2 Å². The van der Waals surface area contributed by atoms with E-state index in [0.29, 0.717) is 6.04 Å². The molecule has 0 radical (unpaired) electrons. The van der Waals surface area contributed by atoms with E-state index in [2.05, 4.69) is 23.3 Å². The monoisotopic (exact) mass is 342 g/mol. The molecule has 0 aliphatic heterocycles. The molecule has 3 atom stereocenters. The molecule has 2 aromatic rings. The fraction of sp³-hybridized carbons (Fsp3) is 0.562. The molecular weight excluding hydrogens is 323 g/mol. The lowest BCUT2D eigenvalue weighted by molar-refractivity contribution is 0.511. The third kappa shape index (κ3) is 3.06.